The van der Waals surface area contributed by atoms with Crippen molar-refractivity contribution in [3.63, 3.8) is 0 Å². The van der Waals surface area contributed by atoms with Crippen molar-refractivity contribution in [3.8, 4) is 0 Å². The number of allylic oxidation sites excluding steroid dienone is 1. The van der Waals surface area contributed by atoms with Crippen molar-refractivity contribution < 1.29 is 9.26 Å². The molecule has 0 amide bonds. The van der Waals surface area contributed by atoms with Crippen molar-refractivity contribution in [2.75, 3.05) is 18.6 Å². The maximum Gasteiger partial charge on any atom is 0.239 e. The second-order valence-corrected chi connectivity index (χ2v) is 8.15. The van der Waals surface area contributed by atoms with Gasteiger partial charge in [-0.3, -0.25) is 5.43 Å². The summed E-state index contributed by atoms with van der Waals surface area (Å²) in [5.41, 5.74) is 11.7. The Bertz CT molecular complexity index is 806. The van der Waals surface area contributed by atoms with Crippen LogP contribution in [0.15, 0.2) is 40.4 Å². The number of fused-ring (bicyclic) bond motifs is 1. The molecule has 2 aromatic rings. The van der Waals surface area contributed by atoms with Gasteiger partial charge >= 0.3 is 0 Å². The molecule has 1 fully saturated rings. The van der Waals surface area contributed by atoms with E-state index >= 15 is 0 Å². The SMILES string of the molecule is CC1CC(C(C)c2cc(NN[C@@H]3CCCCOCC3)on2)=Cc2ccccc21. The van der Waals surface area contributed by atoms with E-state index in [2.05, 4.69) is 60.2 Å². The summed E-state index contributed by atoms with van der Waals surface area (Å²) in [4.78, 5) is 0. The Labute approximate surface area is 167 Å². The summed E-state index contributed by atoms with van der Waals surface area (Å²) in [5, 5.41) is 4.33. The largest absolute Gasteiger partial charge is 0.381 e. The first-order valence-electron chi connectivity index (χ1n) is 10.6. The molecule has 0 radical (unpaired) electrons. The Morgan fingerprint density at radius 2 is 2.04 bits per heavy atom. The van der Waals surface area contributed by atoms with Crippen molar-refractivity contribution in [3.05, 3.63) is 52.7 Å². The number of benzene rings is 1. The fourth-order valence-electron chi connectivity index (χ4n) is 4.24. The molecule has 4 rings (SSSR count). The number of aromatic nitrogens is 1. The lowest BCUT2D eigenvalue weighted by Crippen LogP contribution is -2.35. The third-order valence-corrected chi connectivity index (χ3v) is 6.04. The molecule has 150 valence electrons. The predicted molar refractivity (Wildman–Crippen MR) is 112 cm³/mol. The second kappa shape index (κ2) is 8.93. The van der Waals surface area contributed by atoms with Crippen LogP contribution in [0.4, 0.5) is 5.88 Å². The molecule has 0 saturated carbocycles. The Morgan fingerprint density at radius 3 is 2.96 bits per heavy atom. The fourth-order valence-corrected chi connectivity index (χ4v) is 4.24. The molecule has 0 bridgehead atoms. The minimum Gasteiger partial charge on any atom is -0.381 e. The molecule has 2 unspecified atom stereocenters. The molecule has 2 heterocycles. The van der Waals surface area contributed by atoms with Crippen LogP contribution in [-0.4, -0.2) is 24.4 Å². The number of anilines is 1. The Hall–Kier alpha value is -2.11. The molecule has 1 aromatic heterocycles. The quantitative estimate of drug-likeness (QED) is 0.693. The van der Waals surface area contributed by atoms with E-state index in [1.165, 1.54) is 23.1 Å². The Kier molecular flexibility index (Phi) is 6.13. The summed E-state index contributed by atoms with van der Waals surface area (Å²) >= 11 is 0. The van der Waals surface area contributed by atoms with Crippen molar-refractivity contribution in [1.82, 2.24) is 10.6 Å². The van der Waals surface area contributed by atoms with Gasteiger partial charge in [0.1, 0.15) is 0 Å². The summed E-state index contributed by atoms with van der Waals surface area (Å²) in [6.07, 6.45) is 7.87. The Balaban J connectivity index is 1.39. The predicted octanol–water partition coefficient (Wildman–Crippen LogP) is 5.24. The number of rotatable bonds is 5. The minimum absolute atomic E-state index is 0.241. The van der Waals surface area contributed by atoms with Gasteiger partial charge in [0.15, 0.2) is 0 Å². The average Bonchev–Trinajstić information content (AvgIpc) is 3.15. The fraction of sp³-hybridized carbons (Fsp3) is 0.522. The zero-order valence-corrected chi connectivity index (χ0v) is 16.9. The number of ether oxygens (including phenoxy) is 1. The van der Waals surface area contributed by atoms with Gasteiger partial charge in [-0.25, -0.2) is 5.43 Å². The van der Waals surface area contributed by atoms with Crippen LogP contribution >= 0.6 is 0 Å². The molecule has 1 aliphatic carbocycles. The van der Waals surface area contributed by atoms with Crippen molar-refractivity contribution in [2.24, 2.45) is 0 Å². The van der Waals surface area contributed by atoms with Gasteiger partial charge < -0.3 is 9.26 Å². The molecule has 1 saturated heterocycles. The highest BCUT2D eigenvalue weighted by atomic mass is 16.5. The van der Waals surface area contributed by atoms with Crippen LogP contribution < -0.4 is 10.9 Å². The molecule has 5 heteroatoms. The number of hydrazine groups is 1. The topological polar surface area (TPSA) is 59.3 Å². The first-order valence-corrected chi connectivity index (χ1v) is 10.6. The van der Waals surface area contributed by atoms with E-state index in [4.69, 9.17) is 9.26 Å². The first-order chi connectivity index (χ1) is 13.7. The minimum atomic E-state index is 0.241. The molecular formula is C23H31N3O2. The standard InChI is InChI=1S/C23H31N3O2/c1-16-13-19(14-18-7-3-4-9-21(16)18)17(2)22-15-23(28-26-22)25-24-20-8-5-6-11-27-12-10-20/h3-4,7,9,14-17,20,24-25H,5-6,8,10-13H2,1-2H3/t16?,17?,20-/m1/s1. The van der Waals surface area contributed by atoms with Gasteiger partial charge in [0.05, 0.1) is 5.69 Å². The highest BCUT2D eigenvalue weighted by molar-refractivity contribution is 5.62. The zero-order valence-electron chi connectivity index (χ0n) is 16.9. The monoisotopic (exact) mass is 381 g/mol. The molecule has 28 heavy (non-hydrogen) atoms. The smallest absolute Gasteiger partial charge is 0.239 e. The number of hydrogen-bond acceptors (Lipinski definition) is 5. The number of nitrogens with one attached hydrogen (secondary N) is 2. The summed E-state index contributed by atoms with van der Waals surface area (Å²) in [6.45, 7) is 6.22. The third kappa shape index (κ3) is 4.47. The van der Waals surface area contributed by atoms with Gasteiger partial charge in [-0.2, -0.15) is 0 Å². The van der Waals surface area contributed by atoms with Gasteiger partial charge in [-0.15, -0.1) is 0 Å². The van der Waals surface area contributed by atoms with Crippen LogP contribution in [0.5, 0.6) is 0 Å². The van der Waals surface area contributed by atoms with Gasteiger partial charge in [0, 0.05) is 31.2 Å². The van der Waals surface area contributed by atoms with Crippen LogP contribution in [0.2, 0.25) is 0 Å². The van der Waals surface area contributed by atoms with Crippen LogP contribution in [0.3, 0.4) is 0 Å². The average molecular weight is 382 g/mol. The van der Waals surface area contributed by atoms with Crippen molar-refractivity contribution >= 4 is 12.0 Å². The highest BCUT2D eigenvalue weighted by Gasteiger charge is 2.23. The molecule has 2 aliphatic rings. The van der Waals surface area contributed by atoms with E-state index in [9.17, 15) is 0 Å². The van der Waals surface area contributed by atoms with Crippen LogP contribution in [0.1, 0.15) is 74.6 Å². The summed E-state index contributed by atoms with van der Waals surface area (Å²) in [7, 11) is 0. The lowest BCUT2D eigenvalue weighted by Gasteiger charge is -2.25. The molecule has 1 aromatic carbocycles. The third-order valence-electron chi connectivity index (χ3n) is 6.04. The molecule has 3 atom stereocenters. The maximum absolute atomic E-state index is 5.58. The zero-order chi connectivity index (χ0) is 19.3. The van der Waals surface area contributed by atoms with Crippen LogP contribution in [-0.2, 0) is 4.74 Å². The second-order valence-electron chi connectivity index (χ2n) is 8.15. The summed E-state index contributed by atoms with van der Waals surface area (Å²) < 4.78 is 11.1. The van der Waals surface area contributed by atoms with Gasteiger partial charge in [-0.1, -0.05) is 54.9 Å². The van der Waals surface area contributed by atoms with Crippen molar-refractivity contribution in [1.29, 1.82) is 0 Å². The molecule has 2 N–H and O–H groups in total. The van der Waals surface area contributed by atoms with E-state index in [1.807, 2.05) is 6.07 Å². The van der Waals surface area contributed by atoms with Gasteiger partial charge in [0.2, 0.25) is 5.88 Å². The summed E-state index contributed by atoms with van der Waals surface area (Å²) in [5.74, 6) is 1.45. The Morgan fingerprint density at radius 1 is 1.14 bits per heavy atom. The normalized spacial score (nSPS) is 23.9. The van der Waals surface area contributed by atoms with E-state index < -0.39 is 0 Å². The number of hydrogen-bond donors (Lipinski definition) is 2. The maximum atomic E-state index is 5.58. The lowest BCUT2D eigenvalue weighted by atomic mass is 9.79. The van der Waals surface area contributed by atoms with E-state index in [-0.39, 0.29) is 5.92 Å². The van der Waals surface area contributed by atoms with Crippen LogP contribution in [0, 0.1) is 0 Å². The van der Waals surface area contributed by atoms with Gasteiger partial charge in [0.25, 0.3) is 0 Å². The molecule has 0 spiro atoms. The molecule has 1 aliphatic heterocycles. The van der Waals surface area contributed by atoms with Crippen LogP contribution in [0.25, 0.3) is 6.08 Å². The van der Waals surface area contributed by atoms with E-state index in [0.29, 0.717) is 17.8 Å². The molecule has 5 nitrogen and oxygen atoms in total. The summed E-state index contributed by atoms with van der Waals surface area (Å²) in [6, 6.07) is 11.1. The highest BCUT2D eigenvalue weighted by Crippen LogP contribution is 2.39. The number of nitrogens with zero attached hydrogens (tertiary/aromatic N) is 1. The van der Waals surface area contributed by atoms with Crippen molar-refractivity contribution in [2.45, 2.75) is 63.8 Å². The van der Waals surface area contributed by atoms with E-state index in [1.54, 1.807) is 0 Å². The van der Waals surface area contributed by atoms with Gasteiger partial charge in [-0.05, 0) is 49.1 Å². The lowest BCUT2D eigenvalue weighted by molar-refractivity contribution is 0.107. The van der Waals surface area contributed by atoms with E-state index in [0.717, 1.165) is 44.6 Å². The first kappa shape index (κ1) is 19.2. The molecular weight excluding hydrogens is 350 g/mol.